The highest BCUT2D eigenvalue weighted by Crippen LogP contribution is 2.33. The van der Waals surface area contributed by atoms with Crippen molar-refractivity contribution in [3.8, 4) is 0 Å². The summed E-state index contributed by atoms with van der Waals surface area (Å²) in [5.74, 6) is 0.718. The summed E-state index contributed by atoms with van der Waals surface area (Å²) in [5.41, 5.74) is 3.03. The van der Waals surface area contributed by atoms with Gasteiger partial charge in [-0.1, -0.05) is 13.3 Å². The molecule has 3 heteroatoms. The van der Waals surface area contributed by atoms with E-state index in [9.17, 15) is 4.39 Å². The summed E-state index contributed by atoms with van der Waals surface area (Å²) in [7, 11) is 0. The van der Waals surface area contributed by atoms with Gasteiger partial charge in [-0.15, -0.1) is 0 Å². The largest absolute Gasteiger partial charge is 0.371 e. The van der Waals surface area contributed by atoms with Gasteiger partial charge in [0.25, 0.3) is 0 Å². The molecule has 0 aromatic heterocycles. The van der Waals surface area contributed by atoms with E-state index in [1.807, 2.05) is 13.0 Å². The van der Waals surface area contributed by atoms with Crippen LogP contribution >= 0.6 is 0 Å². The SMILES string of the molecule is CCNC(C)c1cc(F)c(C)cc1N(CC)CC1CCC1. The molecule has 118 valence electrons. The Labute approximate surface area is 128 Å². The average Bonchev–Trinajstić information content (AvgIpc) is 2.41. The van der Waals surface area contributed by atoms with Crippen LogP contribution in [-0.2, 0) is 0 Å². The summed E-state index contributed by atoms with van der Waals surface area (Å²) in [4.78, 5) is 2.43. The van der Waals surface area contributed by atoms with Crippen molar-refractivity contribution in [2.75, 3.05) is 24.5 Å². The van der Waals surface area contributed by atoms with E-state index in [1.165, 1.54) is 24.9 Å². The molecule has 1 atom stereocenters. The molecule has 1 N–H and O–H groups in total. The van der Waals surface area contributed by atoms with E-state index in [0.29, 0.717) is 0 Å². The lowest BCUT2D eigenvalue weighted by atomic mass is 9.85. The fourth-order valence-electron chi connectivity index (χ4n) is 3.10. The third-order valence-corrected chi connectivity index (χ3v) is 4.71. The van der Waals surface area contributed by atoms with Crippen LogP contribution in [0.15, 0.2) is 12.1 Å². The van der Waals surface area contributed by atoms with E-state index in [0.717, 1.165) is 36.7 Å². The van der Waals surface area contributed by atoms with Gasteiger partial charge < -0.3 is 10.2 Å². The number of aryl methyl sites for hydroxylation is 1. The average molecular weight is 292 g/mol. The molecule has 21 heavy (non-hydrogen) atoms. The van der Waals surface area contributed by atoms with Gasteiger partial charge in [-0.05, 0) is 69.3 Å². The van der Waals surface area contributed by atoms with Crippen molar-refractivity contribution in [2.24, 2.45) is 5.92 Å². The highest BCUT2D eigenvalue weighted by Gasteiger charge is 2.23. The predicted molar refractivity (Wildman–Crippen MR) is 88.5 cm³/mol. The molecule has 1 aromatic carbocycles. The first-order chi connectivity index (χ1) is 10.1. The maximum Gasteiger partial charge on any atom is 0.126 e. The van der Waals surface area contributed by atoms with Gasteiger partial charge in [0.15, 0.2) is 0 Å². The number of nitrogens with zero attached hydrogens (tertiary/aromatic N) is 1. The number of benzene rings is 1. The first kappa shape index (κ1) is 16.3. The van der Waals surface area contributed by atoms with Crippen LogP contribution < -0.4 is 10.2 Å². The highest BCUT2D eigenvalue weighted by molar-refractivity contribution is 5.57. The molecular formula is C18H29FN2. The van der Waals surface area contributed by atoms with E-state index in [4.69, 9.17) is 0 Å². The van der Waals surface area contributed by atoms with Crippen molar-refractivity contribution < 1.29 is 4.39 Å². The summed E-state index contributed by atoms with van der Waals surface area (Å²) < 4.78 is 14.0. The molecule has 1 saturated carbocycles. The molecule has 1 aliphatic carbocycles. The van der Waals surface area contributed by atoms with E-state index in [1.54, 1.807) is 6.07 Å². The minimum Gasteiger partial charge on any atom is -0.371 e. The van der Waals surface area contributed by atoms with Crippen LogP contribution in [0.3, 0.4) is 0 Å². The second-order valence-electron chi connectivity index (χ2n) is 6.28. The van der Waals surface area contributed by atoms with Gasteiger partial charge >= 0.3 is 0 Å². The molecular weight excluding hydrogens is 263 g/mol. The van der Waals surface area contributed by atoms with Crippen molar-refractivity contribution in [2.45, 2.75) is 53.0 Å². The van der Waals surface area contributed by atoms with Crippen LogP contribution in [0.25, 0.3) is 0 Å². The van der Waals surface area contributed by atoms with Gasteiger partial charge in [-0.25, -0.2) is 4.39 Å². The van der Waals surface area contributed by atoms with Crippen molar-refractivity contribution >= 4 is 5.69 Å². The zero-order chi connectivity index (χ0) is 15.4. The summed E-state index contributed by atoms with van der Waals surface area (Å²) in [6, 6.07) is 3.93. The standard InChI is InChI=1S/C18H29FN2/c1-5-20-14(4)16-11-17(19)13(3)10-18(16)21(6-2)12-15-8-7-9-15/h10-11,14-15,20H,5-9,12H2,1-4H3. The van der Waals surface area contributed by atoms with Crippen molar-refractivity contribution in [3.05, 3.63) is 29.1 Å². The van der Waals surface area contributed by atoms with E-state index in [2.05, 4.69) is 31.0 Å². The summed E-state index contributed by atoms with van der Waals surface area (Å²) in [6.45, 7) is 11.2. The molecule has 2 nitrogen and oxygen atoms in total. The molecule has 1 unspecified atom stereocenters. The van der Waals surface area contributed by atoms with E-state index >= 15 is 0 Å². The maximum absolute atomic E-state index is 14.0. The second-order valence-corrected chi connectivity index (χ2v) is 6.28. The van der Waals surface area contributed by atoms with E-state index < -0.39 is 0 Å². The number of anilines is 1. The van der Waals surface area contributed by atoms with Crippen molar-refractivity contribution in [1.82, 2.24) is 5.32 Å². The number of hydrogen-bond acceptors (Lipinski definition) is 2. The number of hydrogen-bond donors (Lipinski definition) is 1. The Morgan fingerprint density at radius 3 is 2.57 bits per heavy atom. The number of rotatable bonds is 7. The molecule has 0 amide bonds. The Kier molecular flexibility index (Phi) is 5.63. The first-order valence-electron chi connectivity index (χ1n) is 8.35. The lowest BCUT2D eigenvalue weighted by Gasteiger charge is -2.35. The van der Waals surface area contributed by atoms with Crippen LogP contribution in [0, 0.1) is 18.7 Å². The quantitative estimate of drug-likeness (QED) is 0.799. The van der Waals surface area contributed by atoms with Gasteiger partial charge in [0.05, 0.1) is 0 Å². The van der Waals surface area contributed by atoms with Crippen LogP contribution in [0.1, 0.15) is 57.2 Å². The third kappa shape index (κ3) is 3.76. The van der Waals surface area contributed by atoms with Gasteiger partial charge in [0.2, 0.25) is 0 Å². The maximum atomic E-state index is 14.0. The fraction of sp³-hybridized carbons (Fsp3) is 0.667. The van der Waals surface area contributed by atoms with Gasteiger partial charge in [-0.3, -0.25) is 0 Å². The molecule has 1 aromatic rings. The second kappa shape index (κ2) is 7.26. The van der Waals surface area contributed by atoms with Crippen LogP contribution in [0.4, 0.5) is 10.1 Å². The number of nitrogens with one attached hydrogen (secondary N) is 1. The Morgan fingerprint density at radius 1 is 1.33 bits per heavy atom. The normalized spacial score (nSPS) is 16.6. The summed E-state index contributed by atoms with van der Waals surface area (Å²) in [6.07, 6.45) is 4.05. The molecule has 0 heterocycles. The Bertz CT molecular complexity index is 469. The summed E-state index contributed by atoms with van der Waals surface area (Å²) >= 11 is 0. The first-order valence-corrected chi connectivity index (χ1v) is 8.35. The van der Waals surface area contributed by atoms with Gasteiger partial charge in [-0.2, -0.15) is 0 Å². The lowest BCUT2D eigenvalue weighted by Crippen LogP contribution is -2.34. The summed E-state index contributed by atoms with van der Waals surface area (Å²) in [5, 5.41) is 3.42. The monoisotopic (exact) mass is 292 g/mol. The molecule has 2 rings (SSSR count). The predicted octanol–water partition coefficient (Wildman–Crippen LogP) is 4.43. The van der Waals surface area contributed by atoms with Crippen LogP contribution in [0.5, 0.6) is 0 Å². The number of halogens is 1. The molecule has 0 aliphatic heterocycles. The Hall–Kier alpha value is -1.09. The fourth-order valence-corrected chi connectivity index (χ4v) is 3.10. The molecule has 1 fully saturated rings. The van der Waals surface area contributed by atoms with Gasteiger partial charge in [0, 0.05) is 24.8 Å². The Balaban J connectivity index is 2.30. The van der Waals surface area contributed by atoms with Crippen molar-refractivity contribution in [3.63, 3.8) is 0 Å². The molecule has 0 saturated heterocycles. The van der Waals surface area contributed by atoms with Crippen LogP contribution in [0.2, 0.25) is 0 Å². The van der Waals surface area contributed by atoms with Crippen molar-refractivity contribution in [1.29, 1.82) is 0 Å². The minimum absolute atomic E-state index is 0.0989. The van der Waals surface area contributed by atoms with E-state index in [-0.39, 0.29) is 11.9 Å². The minimum atomic E-state index is -0.0989. The topological polar surface area (TPSA) is 15.3 Å². The zero-order valence-corrected chi connectivity index (χ0v) is 13.9. The molecule has 0 spiro atoms. The lowest BCUT2D eigenvalue weighted by molar-refractivity contribution is 0.318. The highest BCUT2D eigenvalue weighted by atomic mass is 19.1. The molecule has 1 aliphatic rings. The third-order valence-electron chi connectivity index (χ3n) is 4.71. The van der Waals surface area contributed by atoms with Gasteiger partial charge in [0.1, 0.15) is 5.82 Å². The molecule has 0 radical (unpaired) electrons. The molecule has 0 bridgehead atoms. The Morgan fingerprint density at radius 2 is 2.05 bits per heavy atom. The zero-order valence-electron chi connectivity index (χ0n) is 13.9. The smallest absolute Gasteiger partial charge is 0.126 e. The van der Waals surface area contributed by atoms with Crippen LogP contribution in [-0.4, -0.2) is 19.6 Å².